The Kier molecular flexibility index (Phi) is 3.64. The number of rotatable bonds is 3. The van der Waals surface area contributed by atoms with Crippen LogP contribution in [0.2, 0.25) is 0 Å². The maximum Gasteiger partial charge on any atom is 0.378 e. The zero-order chi connectivity index (χ0) is 11.6. The zero-order valence-corrected chi connectivity index (χ0v) is 8.74. The van der Waals surface area contributed by atoms with Gasteiger partial charge >= 0.3 is 12.2 Å². The first kappa shape index (κ1) is 11.9. The van der Waals surface area contributed by atoms with Gasteiger partial charge in [0.05, 0.1) is 6.61 Å². The molecule has 0 unspecified atom stereocenters. The maximum atomic E-state index is 12.3. The number of aliphatic hydroxyl groups is 1. The van der Waals surface area contributed by atoms with Crippen LogP contribution in [0.5, 0.6) is 0 Å². The van der Waals surface area contributed by atoms with Gasteiger partial charge in [0.2, 0.25) is 5.69 Å². The Morgan fingerprint density at radius 1 is 1.67 bits per heavy atom. The Labute approximate surface area is 91.0 Å². The van der Waals surface area contributed by atoms with Gasteiger partial charge in [-0.25, -0.2) is 8.78 Å². The van der Waals surface area contributed by atoms with Crippen molar-refractivity contribution in [3.8, 4) is 0 Å². The number of aromatic nitrogens is 1. The van der Waals surface area contributed by atoms with Gasteiger partial charge in [0.1, 0.15) is 4.47 Å². The molecule has 0 bridgehead atoms. The van der Waals surface area contributed by atoms with Crippen molar-refractivity contribution < 1.29 is 18.8 Å². The number of hydrogen-bond acceptors (Lipinski definition) is 4. The highest BCUT2D eigenvalue weighted by molar-refractivity contribution is 9.10. The summed E-state index contributed by atoms with van der Waals surface area (Å²) in [4.78, 5) is 12.7. The van der Waals surface area contributed by atoms with Crippen molar-refractivity contribution >= 4 is 21.7 Å². The van der Waals surface area contributed by atoms with E-state index in [-0.39, 0.29) is 10.0 Å². The van der Waals surface area contributed by atoms with Crippen LogP contribution < -0.4 is 0 Å². The normalized spacial score (nSPS) is 10.7. The quantitative estimate of drug-likeness (QED) is 0.681. The molecule has 15 heavy (non-hydrogen) atoms. The van der Waals surface area contributed by atoms with E-state index in [4.69, 9.17) is 5.11 Å². The molecule has 1 aromatic rings. The topological polar surface area (TPSA) is 76.3 Å². The van der Waals surface area contributed by atoms with Crippen LogP contribution >= 0.6 is 15.9 Å². The van der Waals surface area contributed by atoms with Gasteiger partial charge in [-0.2, -0.15) is 0 Å². The third kappa shape index (κ3) is 2.45. The fourth-order valence-electron chi connectivity index (χ4n) is 0.937. The minimum atomic E-state index is -2.91. The predicted octanol–water partition coefficient (Wildman–Crippen LogP) is 2.18. The molecule has 8 heteroatoms. The van der Waals surface area contributed by atoms with Crippen LogP contribution in [0.1, 0.15) is 17.7 Å². The average molecular weight is 283 g/mol. The Balaban J connectivity index is 3.38. The summed E-state index contributed by atoms with van der Waals surface area (Å²) in [5, 5.41) is 19.3. The summed E-state index contributed by atoms with van der Waals surface area (Å²) >= 11 is 2.82. The van der Waals surface area contributed by atoms with Crippen LogP contribution in [0.15, 0.2) is 10.5 Å². The van der Waals surface area contributed by atoms with E-state index < -0.39 is 29.5 Å². The third-order valence-corrected chi connectivity index (χ3v) is 2.47. The Hall–Kier alpha value is -1.15. The van der Waals surface area contributed by atoms with Crippen LogP contribution in [0, 0.1) is 10.1 Å². The lowest BCUT2D eigenvalue weighted by molar-refractivity contribution is -0.390. The van der Waals surface area contributed by atoms with Gasteiger partial charge in [-0.1, -0.05) is 0 Å². The Morgan fingerprint density at radius 3 is 2.67 bits per heavy atom. The predicted molar refractivity (Wildman–Crippen MR) is 49.5 cm³/mol. The first-order valence-electron chi connectivity index (χ1n) is 3.70. The standard InChI is InChI=1S/C7H5BrF2N2O3/c8-5-3(2-13)1-4(6(9)10)11-7(5)12(14)15/h1,6,13H,2H2. The molecule has 0 saturated heterocycles. The van der Waals surface area contributed by atoms with E-state index in [1.54, 1.807) is 0 Å². The lowest BCUT2D eigenvalue weighted by atomic mass is 10.2. The highest BCUT2D eigenvalue weighted by Gasteiger charge is 2.24. The second-order valence-corrected chi connectivity index (χ2v) is 3.35. The van der Waals surface area contributed by atoms with Crippen LogP contribution in [0.4, 0.5) is 14.6 Å². The van der Waals surface area contributed by atoms with Crippen LogP contribution in [-0.2, 0) is 6.61 Å². The fraction of sp³-hybridized carbons (Fsp3) is 0.286. The number of hydrogen-bond donors (Lipinski definition) is 1. The molecule has 82 valence electrons. The van der Waals surface area contributed by atoms with Crippen molar-refractivity contribution in [1.29, 1.82) is 0 Å². The number of nitro groups is 1. The van der Waals surface area contributed by atoms with Crippen molar-refractivity contribution in [2.24, 2.45) is 0 Å². The number of nitrogens with zero attached hydrogens (tertiary/aromatic N) is 2. The maximum absolute atomic E-state index is 12.3. The molecule has 1 heterocycles. The van der Waals surface area contributed by atoms with Crippen molar-refractivity contribution in [1.82, 2.24) is 4.98 Å². The van der Waals surface area contributed by atoms with Crippen molar-refractivity contribution in [3.05, 3.63) is 31.9 Å². The lowest BCUT2D eigenvalue weighted by Crippen LogP contribution is -2.02. The van der Waals surface area contributed by atoms with Gasteiger partial charge in [0.25, 0.3) is 0 Å². The molecule has 0 radical (unpaired) electrons. The largest absolute Gasteiger partial charge is 0.392 e. The monoisotopic (exact) mass is 282 g/mol. The molecule has 0 aliphatic heterocycles. The summed E-state index contributed by atoms with van der Waals surface area (Å²) in [5.41, 5.74) is -0.721. The molecule has 0 saturated carbocycles. The summed E-state index contributed by atoms with van der Waals surface area (Å²) < 4.78 is 24.5. The summed E-state index contributed by atoms with van der Waals surface area (Å²) in [6, 6.07) is 0.918. The number of halogens is 3. The summed E-state index contributed by atoms with van der Waals surface area (Å²) in [6.45, 7) is -0.580. The van der Waals surface area contributed by atoms with Crippen molar-refractivity contribution in [3.63, 3.8) is 0 Å². The third-order valence-electron chi connectivity index (χ3n) is 1.60. The molecule has 1 N–H and O–H groups in total. The molecular formula is C7H5BrF2N2O3. The van der Waals surface area contributed by atoms with Gasteiger partial charge in [0, 0.05) is 5.56 Å². The minimum Gasteiger partial charge on any atom is -0.392 e. The molecule has 1 aromatic heterocycles. The second kappa shape index (κ2) is 4.58. The van der Waals surface area contributed by atoms with Gasteiger partial charge in [-0.3, -0.25) is 0 Å². The molecule has 5 nitrogen and oxygen atoms in total. The summed E-state index contributed by atoms with van der Waals surface area (Å²) in [7, 11) is 0. The molecule has 0 fully saturated rings. The number of alkyl halides is 2. The lowest BCUT2D eigenvalue weighted by Gasteiger charge is -2.03. The molecule has 0 aromatic carbocycles. The number of aliphatic hydroxyl groups excluding tert-OH is 1. The van der Waals surface area contributed by atoms with Crippen molar-refractivity contribution in [2.45, 2.75) is 13.0 Å². The van der Waals surface area contributed by atoms with Gasteiger partial charge in [0.15, 0.2) is 0 Å². The van der Waals surface area contributed by atoms with Gasteiger partial charge in [-0.15, -0.1) is 0 Å². The zero-order valence-electron chi connectivity index (χ0n) is 7.15. The molecule has 1 rings (SSSR count). The van der Waals surface area contributed by atoms with E-state index in [9.17, 15) is 18.9 Å². The first-order chi connectivity index (χ1) is 6.97. The molecule has 0 spiro atoms. The van der Waals surface area contributed by atoms with E-state index in [2.05, 4.69) is 20.9 Å². The van der Waals surface area contributed by atoms with Crippen LogP contribution in [0.25, 0.3) is 0 Å². The van der Waals surface area contributed by atoms with E-state index >= 15 is 0 Å². The van der Waals surface area contributed by atoms with E-state index in [1.165, 1.54) is 0 Å². The van der Waals surface area contributed by atoms with E-state index in [0.29, 0.717) is 0 Å². The van der Waals surface area contributed by atoms with Crippen LogP contribution in [0.3, 0.4) is 0 Å². The average Bonchev–Trinajstić information content (AvgIpc) is 2.17. The first-order valence-corrected chi connectivity index (χ1v) is 4.49. The van der Waals surface area contributed by atoms with Gasteiger partial charge < -0.3 is 15.2 Å². The van der Waals surface area contributed by atoms with Gasteiger partial charge in [-0.05, 0) is 31.9 Å². The molecule has 0 aliphatic carbocycles. The Morgan fingerprint density at radius 2 is 2.27 bits per heavy atom. The summed E-state index contributed by atoms with van der Waals surface area (Å²) in [5.74, 6) is -0.725. The van der Waals surface area contributed by atoms with E-state index in [1.807, 2.05) is 0 Å². The molecule has 0 amide bonds. The molecule has 0 aliphatic rings. The minimum absolute atomic E-state index is 0.00648. The number of pyridine rings is 1. The SMILES string of the molecule is O=[N+]([O-])c1nc(C(F)F)cc(CO)c1Br. The molecular weight excluding hydrogens is 278 g/mol. The molecule has 0 atom stereocenters. The smallest absolute Gasteiger partial charge is 0.378 e. The second-order valence-electron chi connectivity index (χ2n) is 2.56. The highest BCUT2D eigenvalue weighted by atomic mass is 79.9. The highest BCUT2D eigenvalue weighted by Crippen LogP contribution is 2.30. The van der Waals surface area contributed by atoms with Crippen LogP contribution in [-0.4, -0.2) is 15.0 Å². The summed E-state index contributed by atoms with van der Waals surface area (Å²) in [6.07, 6.45) is -2.91. The van der Waals surface area contributed by atoms with E-state index in [0.717, 1.165) is 6.07 Å². The van der Waals surface area contributed by atoms with Crippen molar-refractivity contribution in [2.75, 3.05) is 0 Å². The fourth-order valence-corrected chi connectivity index (χ4v) is 1.41. The Bertz CT molecular complexity index is 400.